The molecule has 1 saturated heterocycles. The summed E-state index contributed by atoms with van der Waals surface area (Å²) < 4.78 is 19.0. The zero-order valence-corrected chi connectivity index (χ0v) is 9.98. The van der Waals surface area contributed by atoms with Crippen molar-refractivity contribution in [2.45, 2.75) is 18.8 Å². The van der Waals surface area contributed by atoms with Crippen LogP contribution in [0.2, 0.25) is 5.02 Å². The Labute approximate surface area is 99.7 Å². The third-order valence-electron chi connectivity index (χ3n) is 3.00. The number of benzene rings is 1. The molecule has 1 aliphatic rings. The van der Waals surface area contributed by atoms with E-state index in [1.165, 1.54) is 19.2 Å². The van der Waals surface area contributed by atoms with Crippen molar-refractivity contribution in [2.24, 2.45) is 0 Å². The van der Waals surface area contributed by atoms with E-state index in [0.29, 0.717) is 16.3 Å². The van der Waals surface area contributed by atoms with E-state index in [0.717, 1.165) is 25.9 Å². The average Bonchev–Trinajstić information content (AvgIpc) is 2.33. The van der Waals surface area contributed by atoms with Crippen LogP contribution in [0.15, 0.2) is 12.1 Å². The van der Waals surface area contributed by atoms with E-state index in [1.807, 2.05) is 0 Å². The molecule has 0 aromatic heterocycles. The fourth-order valence-electron chi connectivity index (χ4n) is 2.23. The maximum atomic E-state index is 13.8. The van der Waals surface area contributed by atoms with Crippen molar-refractivity contribution in [3.05, 3.63) is 28.5 Å². The van der Waals surface area contributed by atoms with Crippen LogP contribution in [0.3, 0.4) is 0 Å². The molecule has 1 N–H and O–H groups in total. The highest BCUT2D eigenvalue weighted by molar-refractivity contribution is 6.32. The van der Waals surface area contributed by atoms with E-state index >= 15 is 0 Å². The van der Waals surface area contributed by atoms with Gasteiger partial charge in [-0.2, -0.15) is 0 Å². The highest BCUT2D eigenvalue weighted by Crippen LogP contribution is 2.37. The van der Waals surface area contributed by atoms with E-state index in [1.54, 1.807) is 0 Å². The van der Waals surface area contributed by atoms with Crippen molar-refractivity contribution >= 4 is 11.6 Å². The second kappa shape index (κ2) is 5.02. The van der Waals surface area contributed by atoms with Gasteiger partial charge in [-0.3, -0.25) is 0 Å². The number of rotatable bonds is 2. The van der Waals surface area contributed by atoms with Gasteiger partial charge in [0.05, 0.1) is 12.1 Å². The maximum absolute atomic E-state index is 13.8. The number of piperidine rings is 1. The second-order valence-electron chi connectivity index (χ2n) is 4.02. The Morgan fingerprint density at radius 1 is 1.50 bits per heavy atom. The monoisotopic (exact) mass is 243 g/mol. The molecule has 1 aliphatic heterocycles. The van der Waals surface area contributed by atoms with Gasteiger partial charge in [-0.25, -0.2) is 4.39 Å². The first-order valence-corrected chi connectivity index (χ1v) is 5.84. The quantitative estimate of drug-likeness (QED) is 0.862. The highest BCUT2D eigenvalue weighted by atomic mass is 35.5. The molecule has 1 atom stereocenters. The number of nitrogens with one attached hydrogen (secondary N) is 1. The molecule has 2 rings (SSSR count). The van der Waals surface area contributed by atoms with Gasteiger partial charge in [-0.05, 0) is 31.5 Å². The van der Waals surface area contributed by atoms with Crippen LogP contribution < -0.4 is 10.1 Å². The molecule has 88 valence electrons. The van der Waals surface area contributed by atoms with Crippen LogP contribution in [0.25, 0.3) is 0 Å². The van der Waals surface area contributed by atoms with Crippen LogP contribution in [0.4, 0.5) is 4.39 Å². The lowest BCUT2D eigenvalue weighted by Gasteiger charge is -2.25. The molecule has 1 heterocycles. The Bertz CT molecular complexity index is 378. The largest absolute Gasteiger partial charge is 0.495 e. The smallest absolute Gasteiger partial charge is 0.143 e. The Hall–Kier alpha value is -0.800. The summed E-state index contributed by atoms with van der Waals surface area (Å²) in [6.07, 6.45) is 2.03. The minimum absolute atomic E-state index is 0.155. The summed E-state index contributed by atoms with van der Waals surface area (Å²) in [4.78, 5) is 0. The molecule has 16 heavy (non-hydrogen) atoms. The fourth-order valence-corrected chi connectivity index (χ4v) is 2.48. The van der Waals surface area contributed by atoms with Crippen molar-refractivity contribution in [2.75, 3.05) is 20.2 Å². The first-order valence-electron chi connectivity index (χ1n) is 5.46. The van der Waals surface area contributed by atoms with E-state index in [4.69, 9.17) is 16.3 Å². The lowest BCUT2D eigenvalue weighted by Crippen LogP contribution is -2.29. The molecule has 0 amide bonds. The molecule has 1 fully saturated rings. The Morgan fingerprint density at radius 3 is 2.94 bits per heavy atom. The number of ether oxygens (including phenoxy) is 1. The molecule has 1 aromatic carbocycles. The summed E-state index contributed by atoms with van der Waals surface area (Å²) in [5, 5.41) is 3.74. The maximum Gasteiger partial charge on any atom is 0.143 e. The van der Waals surface area contributed by atoms with Crippen molar-refractivity contribution in [1.29, 1.82) is 0 Å². The lowest BCUT2D eigenvalue weighted by atomic mass is 9.90. The minimum atomic E-state index is -0.227. The third kappa shape index (κ3) is 2.15. The van der Waals surface area contributed by atoms with Gasteiger partial charge in [-0.1, -0.05) is 11.6 Å². The van der Waals surface area contributed by atoms with Crippen molar-refractivity contribution in [3.63, 3.8) is 0 Å². The summed E-state index contributed by atoms with van der Waals surface area (Å²) in [5.74, 6) is 0.410. The van der Waals surface area contributed by atoms with E-state index in [9.17, 15) is 4.39 Å². The van der Waals surface area contributed by atoms with Crippen LogP contribution in [-0.2, 0) is 0 Å². The Morgan fingerprint density at radius 2 is 2.31 bits per heavy atom. The predicted octanol–water partition coefficient (Wildman–Crippen LogP) is 2.95. The topological polar surface area (TPSA) is 21.3 Å². The number of hydrogen-bond donors (Lipinski definition) is 1. The van der Waals surface area contributed by atoms with Gasteiger partial charge in [0.25, 0.3) is 0 Å². The Balaban J connectivity index is 2.40. The van der Waals surface area contributed by atoms with Gasteiger partial charge in [0, 0.05) is 18.0 Å². The highest BCUT2D eigenvalue weighted by Gasteiger charge is 2.24. The van der Waals surface area contributed by atoms with E-state index in [-0.39, 0.29) is 11.7 Å². The van der Waals surface area contributed by atoms with Gasteiger partial charge in [-0.15, -0.1) is 0 Å². The predicted molar refractivity (Wildman–Crippen MR) is 62.8 cm³/mol. The zero-order chi connectivity index (χ0) is 11.5. The molecule has 0 saturated carbocycles. The molecule has 1 aromatic rings. The SMILES string of the molecule is COc1c(Cl)ccc(F)c1C1CCCNC1. The van der Waals surface area contributed by atoms with Gasteiger partial charge < -0.3 is 10.1 Å². The van der Waals surface area contributed by atoms with Crippen LogP contribution in [-0.4, -0.2) is 20.2 Å². The van der Waals surface area contributed by atoms with Crippen LogP contribution >= 0.6 is 11.6 Å². The first kappa shape index (κ1) is 11.7. The van der Waals surface area contributed by atoms with Gasteiger partial charge in [0.2, 0.25) is 0 Å². The van der Waals surface area contributed by atoms with Crippen LogP contribution in [0.5, 0.6) is 5.75 Å². The zero-order valence-electron chi connectivity index (χ0n) is 9.22. The summed E-state index contributed by atoms with van der Waals surface area (Å²) in [7, 11) is 1.53. The van der Waals surface area contributed by atoms with Gasteiger partial charge in [0.15, 0.2) is 0 Å². The molecule has 1 unspecified atom stereocenters. The molecule has 0 radical (unpaired) electrons. The molecular formula is C12H15ClFNO. The van der Waals surface area contributed by atoms with Crippen molar-refractivity contribution in [1.82, 2.24) is 5.32 Å². The lowest BCUT2D eigenvalue weighted by molar-refractivity contribution is 0.383. The van der Waals surface area contributed by atoms with Crippen molar-refractivity contribution < 1.29 is 9.13 Å². The molecule has 0 aliphatic carbocycles. The summed E-state index contributed by atoms with van der Waals surface area (Å²) >= 11 is 6.01. The number of hydrogen-bond acceptors (Lipinski definition) is 2. The molecule has 4 heteroatoms. The number of methoxy groups -OCH3 is 1. The molecule has 2 nitrogen and oxygen atoms in total. The fraction of sp³-hybridized carbons (Fsp3) is 0.500. The van der Waals surface area contributed by atoms with E-state index in [2.05, 4.69) is 5.32 Å². The molecule has 0 bridgehead atoms. The Kier molecular flexibility index (Phi) is 3.66. The normalized spacial score (nSPS) is 20.8. The second-order valence-corrected chi connectivity index (χ2v) is 4.43. The standard InChI is InChI=1S/C12H15ClFNO/c1-16-12-9(13)4-5-10(14)11(12)8-3-2-6-15-7-8/h4-5,8,15H,2-3,6-7H2,1H3. The summed E-state index contributed by atoms with van der Waals surface area (Å²) in [5.41, 5.74) is 0.613. The molecular weight excluding hydrogens is 229 g/mol. The van der Waals surface area contributed by atoms with Crippen molar-refractivity contribution in [3.8, 4) is 5.75 Å². The first-order chi connectivity index (χ1) is 7.74. The van der Waals surface area contributed by atoms with Crippen LogP contribution in [0.1, 0.15) is 24.3 Å². The van der Waals surface area contributed by atoms with Gasteiger partial charge in [0.1, 0.15) is 11.6 Å². The van der Waals surface area contributed by atoms with E-state index < -0.39 is 0 Å². The van der Waals surface area contributed by atoms with Gasteiger partial charge >= 0.3 is 0 Å². The summed E-state index contributed by atoms with van der Waals surface area (Å²) in [6, 6.07) is 2.95. The summed E-state index contributed by atoms with van der Waals surface area (Å²) in [6.45, 7) is 1.79. The molecule has 0 spiro atoms. The minimum Gasteiger partial charge on any atom is -0.495 e. The third-order valence-corrected chi connectivity index (χ3v) is 3.30. The average molecular weight is 244 g/mol. The number of halogens is 2. The van der Waals surface area contributed by atoms with Crippen LogP contribution in [0, 0.1) is 5.82 Å².